The molecule has 0 bridgehead atoms. The van der Waals surface area contributed by atoms with Crippen LogP contribution >= 0.6 is 11.6 Å². The fourth-order valence-corrected chi connectivity index (χ4v) is 4.85. The molecule has 0 aromatic heterocycles. The fraction of sp³-hybridized carbons (Fsp3) is 0.208. The first-order valence-corrected chi connectivity index (χ1v) is 11.9. The number of hydrogen-bond acceptors (Lipinski definition) is 3. The summed E-state index contributed by atoms with van der Waals surface area (Å²) in [5, 5.41) is 0.335. The van der Waals surface area contributed by atoms with E-state index in [-0.39, 0.29) is 16.9 Å². The number of carbonyl (C=O) groups is 1. The topological polar surface area (TPSA) is 66.5 Å². The summed E-state index contributed by atoms with van der Waals surface area (Å²) >= 11 is 6.08. The second kappa shape index (κ2) is 9.99. The Morgan fingerprint density at radius 1 is 1.00 bits per heavy atom. The van der Waals surface area contributed by atoms with Crippen molar-refractivity contribution in [1.29, 1.82) is 0 Å². The fourth-order valence-electron chi connectivity index (χ4n) is 3.50. The van der Waals surface area contributed by atoms with Gasteiger partial charge in [0.2, 0.25) is 15.9 Å². The molecule has 0 unspecified atom stereocenters. The number of sulfonamides is 1. The molecule has 0 aliphatic carbocycles. The molecule has 1 amide bonds. The first-order chi connectivity index (χ1) is 15.5. The minimum absolute atomic E-state index is 0.0673. The minimum atomic E-state index is -3.91. The predicted octanol–water partition coefficient (Wildman–Crippen LogP) is 4.77. The zero-order chi connectivity index (χ0) is 24.3. The SMILES string of the molecule is Cc1cc(C)cc(S(=O)(=O)NCC(=O)N(C)c2ccc(Cl)cc2Cc2c(F)cccc2F)c1. The molecule has 1 N–H and O–H groups in total. The summed E-state index contributed by atoms with van der Waals surface area (Å²) in [5.74, 6) is -1.98. The van der Waals surface area contributed by atoms with Crippen LogP contribution in [-0.4, -0.2) is 27.9 Å². The van der Waals surface area contributed by atoms with Gasteiger partial charge in [-0.05, 0) is 73.0 Å². The number of likely N-dealkylation sites (N-methyl/N-ethyl adjacent to an activating group) is 1. The van der Waals surface area contributed by atoms with Crippen LogP contribution in [0.3, 0.4) is 0 Å². The lowest BCUT2D eigenvalue weighted by Crippen LogP contribution is -2.38. The van der Waals surface area contributed by atoms with Gasteiger partial charge in [0, 0.05) is 29.7 Å². The van der Waals surface area contributed by atoms with E-state index in [2.05, 4.69) is 4.72 Å². The summed E-state index contributed by atoms with van der Waals surface area (Å²) in [5.41, 5.74) is 2.18. The number of nitrogens with zero attached hydrogens (tertiary/aromatic N) is 1. The van der Waals surface area contributed by atoms with Gasteiger partial charge in [-0.15, -0.1) is 0 Å². The van der Waals surface area contributed by atoms with Gasteiger partial charge in [0.15, 0.2) is 0 Å². The second-order valence-corrected chi connectivity index (χ2v) is 9.95. The van der Waals surface area contributed by atoms with Gasteiger partial charge in [0.25, 0.3) is 0 Å². The molecule has 0 fully saturated rings. The van der Waals surface area contributed by atoms with Crippen molar-refractivity contribution in [2.75, 3.05) is 18.5 Å². The molecule has 5 nitrogen and oxygen atoms in total. The van der Waals surface area contributed by atoms with Crippen molar-refractivity contribution in [2.24, 2.45) is 0 Å². The highest BCUT2D eigenvalue weighted by Crippen LogP contribution is 2.28. The Morgan fingerprint density at radius 3 is 2.21 bits per heavy atom. The third kappa shape index (κ3) is 5.96. The Labute approximate surface area is 197 Å². The monoisotopic (exact) mass is 492 g/mol. The number of nitrogens with one attached hydrogen (secondary N) is 1. The van der Waals surface area contributed by atoms with E-state index < -0.39 is 34.1 Å². The number of amides is 1. The molecule has 0 radical (unpaired) electrons. The quantitative estimate of drug-likeness (QED) is 0.517. The number of halogens is 3. The summed E-state index contributed by atoms with van der Waals surface area (Å²) in [4.78, 5) is 14.1. The van der Waals surface area contributed by atoms with Crippen molar-refractivity contribution in [3.05, 3.63) is 93.5 Å². The summed E-state index contributed by atoms with van der Waals surface area (Å²) in [6, 6.07) is 13.1. The average molecular weight is 493 g/mol. The van der Waals surface area contributed by atoms with E-state index >= 15 is 0 Å². The van der Waals surface area contributed by atoms with Gasteiger partial charge >= 0.3 is 0 Å². The van der Waals surface area contributed by atoms with Crippen LogP contribution in [0.5, 0.6) is 0 Å². The maximum atomic E-state index is 14.2. The largest absolute Gasteiger partial charge is 0.314 e. The van der Waals surface area contributed by atoms with Crippen LogP contribution in [0.25, 0.3) is 0 Å². The van der Waals surface area contributed by atoms with Gasteiger partial charge in [-0.25, -0.2) is 21.9 Å². The highest BCUT2D eigenvalue weighted by molar-refractivity contribution is 7.89. The van der Waals surface area contributed by atoms with Gasteiger partial charge in [0.05, 0.1) is 11.4 Å². The highest BCUT2D eigenvalue weighted by Gasteiger charge is 2.21. The molecule has 3 aromatic rings. The molecule has 3 aromatic carbocycles. The number of benzene rings is 3. The molecule has 33 heavy (non-hydrogen) atoms. The number of anilines is 1. The number of hydrogen-bond donors (Lipinski definition) is 1. The second-order valence-electron chi connectivity index (χ2n) is 7.75. The Morgan fingerprint density at radius 2 is 1.61 bits per heavy atom. The standard InChI is InChI=1S/C24H23ClF2N2O3S/c1-15-9-16(2)11-19(10-15)33(31,32)28-14-24(30)29(3)23-8-7-18(25)12-17(23)13-20-21(26)5-4-6-22(20)27/h4-12,28H,13-14H2,1-3H3. The van der Waals surface area contributed by atoms with Crippen LogP contribution in [0.15, 0.2) is 59.5 Å². The molecule has 0 aliphatic heterocycles. The van der Waals surface area contributed by atoms with Crippen molar-refractivity contribution < 1.29 is 22.0 Å². The normalized spacial score (nSPS) is 11.5. The van der Waals surface area contributed by atoms with Gasteiger partial charge in [0.1, 0.15) is 11.6 Å². The van der Waals surface area contributed by atoms with Crippen molar-refractivity contribution >= 4 is 33.2 Å². The van der Waals surface area contributed by atoms with E-state index in [1.165, 1.54) is 36.2 Å². The highest BCUT2D eigenvalue weighted by atomic mass is 35.5. The first-order valence-electron chi connectivity index (χ1n) is 10.0. The van der Waals surface area contributed by atoms with E-state index in [0.29, 0.717) is 16.3 Å². The van der Waals surface area contributed by atoms with Crippen LogP contribution in [0.4, 0.5) is 14.5 Å². The maximum absolute atomic E-state index is 14.2. The van der Waals surface area contributed by atoms with Crippen molar-refractivity contribution in [1.82, 2.24) is 4.72 Å². The average Bonchev–Trinajstić information content (AvgIpc) is 2.74. The molecule has 0 heterocycles. The molecule has 174 valence electrons. The Hall–Kier alpha value is -2.81. The minimum Gasteiger partial charge on any atom is -0.314 e. The van der Waals surface area contributed by atoms with Crippen LogP contribution in [0.1, 0.15) is 22.3 Å². The van der Waals surface area contributed by atoms with Gasteiger partial charge in [-0.1, -0.05) is 23.7 Å². The van der Waals surface area contributed by atoms with Crippen molar-refractivity contribution in [3.63, 3.8) is 0 Å². The Balaban J connectivity index is 1.82. The molecular weight excluding hydrogens is 470 g/mol. The predicted molar refractivity (Wildman–Crippen MR) is 125 cm³/mol. The Kier molecular flexibility index (Phi) is 7.51. The molecule has 3 rings (SSSR count). The molecule has 0 saturated heterocycles. The van der Waals surface area contributed by atoms with Crippen LogP contribution < -0.4 is 9.62 Å². The van der Waals surface area contributed by atoms with Gasteiger partial charge in [-0.3, -0.25) is 4.79 Å². The van der Waals surface area contributed by atoms with E-state index in [9.17, 15) is 22.0 Å². The van der Waals surface area contributed by atoms with E-state index in [4.69, 9.17) is 11.6 Å². The zero-order valence-corrected chi connectivity index (χ0v) is 19.9. The number of carbonyl (C=O) groups excluding carboxylic acids is 1. The van der Waals surface area contributed by atoms with Gasteiger partial charge in [-0.2, -0.15) is 0 Å². The maximum Gasteiger partial charge on any atom is 0.241 e. The molecule has 0 spiro atoms. The third-order valence-corrected chi connectivity index (χ3v) is 6.74. The third-order valence-electron chi connectivity index (χ3n) is 5.12. The zero-order valence-electron chi connectivity index (χ0n) is 18.3. The van der Waals surface area contributed by atoms with Crippen LogP contribution in [0, 0.1) is 25.5 Å². The number of aryl methyl sites for hydroxylation is 2. The first kappa shape index (κ1) is 24.8. The lowest BCUT2D eigenvalue weighted by Gasteiger charge is -2.22. The number of rotatable bonds is 7. The summed E-state index contributed by atoms with van der Waals surface area (Å²) < 4.78 is 55.9. The molecule has 0 saturated carbocycles. The van der Waals surface area contributed by atoms with Crippen LogP contribution in [-0.2, 0) is 21.2 Å². The van der Waals surface area contributed by atoms with Crippen LogP contribution in [0.2, 0.25) is 5.02 Å². The molecule has 0 aliphatic rings. The Bertz CT molecular complexity index is 1270. The van der Waals surface area contributed by atoms with Crippen molar-refractivity contribution in [3.8, 4) is 0 Å². The summed E-state index contributed by atoms with van der Waals surface area (Å²) in [6.45, 7) is 3.07. The van der Waals surface area contributed by atoms with E-state index in [1.54, 1.807) is 26.0 Å². The molecule has 0 atom stereocenters. The smallest absolute Gasteiger partial charge is 0.241 e. The lowest BCUT2D eigenvalue weighted by molar-refractivity contribution is -0.117. The lowest BCUT2D eigenvalue weighted by atomic mass is 10.0. The van der Waals surface area contributed by atoms with Crippen molar-refractivity contribution in [2.45, 2.75) is 25.2 Å². The summed E-state index contributed by atoms with van der Waals surface area (Å²) in [6.07, 6.45) is -0.139. The molecular formula is C24H23ClF2N2O3S. The van der Waals surface area contributed by atoms with E-state index in [1.807, 2.05) is 6.07 Å². The molecule has 9 heteroatoms. The van der Waals surface area contributed by atoms with E-state index in [0.717, 1.165) is 23.3 Å². The summed E-state index contributed by atoms with van der Waals surface area (Å²) in [7, 11) is -2.45. The van der Waals surface area contributed by atoms with Gasteiger partial charge < -0.3 is 4.90 Å².